The number of aromatic nitrogens is 2. The van der Waals surface area contributed by atoms with Gasteiger partial charge < -0.3 is 20.0 Å². The van der Waals surface area contributed by atoms with Crippen LogP contribution < -0.4 is 21.1 Å². The van der Waals surface area contributed by atoms with Gasteiger partial charge >= 0.3 is 0 Å². The maximum absolute atomic E-state index is 15.6. The van der Waals surface area contributed by atoms with Gasteiger partial charge in [0.15, 0.2) is 0 Å². The number of likely N-dealkylation sites (tertiary alicyclic amines) is 2. The highest BCUT2D eigenvalue weighted by molar-refractivity contribution is 6.01. The van der Waals surface area contributed by atoms with Crippen LogP contribution >= 0.6 is 0 Å². The van der Waals surface area contributed by atoms with E-state index in [-0.39, 0.29) is 41.1 Å². The van der Waals surface area contributed by atoms with Crippen LogP contribution in [-0.2, 0) is 16.6 Å². The molecule has 4 fully saturated rings. The summed E-state index contributed by atoms with van der Waals surface area (Å²) in [5, 5.41) is 10.1. The molecule has 276 valence electrons. The van der Waals surface area contributed by atoms with E-state index in [0.717, 1.165) is 82.7 Å². The molecule has 52 heavy (non-hydrogen) atoms. The molecular formula is C40H50FN7O4. The number of likely N-dealkylation sites (N-methyl/N-ethyl adjacent to an activating group) is 1. The second-order valence-electron chi connectivity index (χ2n) is 15.6. The van der Waals surface area contributed by atoms with Gasteiger partial charge in [-0.25, -0.2) is 9.07 Å². The van der Waals surface area contributed by atoms with E-state index in [4.69, 9.17) is 0 Å². The van der Waals surface area contributed by atoms with Crippen molar-refractivity contribution in [1.29, 1.82) is 0 Å². The average molecular weight is 712 g/mol. The molecule has 1 spiro atoms. The number of piperidine rings is 4. The molecule has 5 heterocycles. The van der Waals surface area contributed by atoms with Crippen LogP contribution in [-0.4, -0.2) is 89.7 Å². The largest absolute Gasteiger partial charge is 0.379 e. The quantitative estimate of drug-likeness (QED) is 0.360. The smallest absolute Gasteiger partial charge is 0.271 e. The van der Waals surface area contributed by atoms with E-state index in [1.807, 2.05) is 30.0 Å². The first-order chi connectivity index (χ1) is 24.9. The lowest BCUT2D eigenvalue weighted by Gasteiger charge is -2.47. The number of aryl methyl sites for hydroxylation is 1. The summed E-state index contributed by atoms with van der Waals surface area (Å²) in [6.07, 6.45) is 7.08. The first-order valence-corrected chi connectivity index (χ1v) is 18.7. The third-order valence-corrected chi connectivity index (χ3v) is 12.3. The molecule has 2 N–H and O–H groups in total. The number of nitrogens with zero attached hydrogens (tertiary/aromatic N) is 5. The Morgan fingerprint density at radius 1 is 0.923 bits per heavy atom. The second-order valence-corrected chi connectivity index (χ2v) is 15.6. The van der Waals surface area contributed by atoms with Gasteiger partial charge in [-0.15, -0.1) is 0 Å². The van der Waals surface area contributed by atoms with Gasteiger partial charge in [0.25, 0.3) is 11.5 Å². The average Bonchev–Trinajstić information content (AvgIpc) is 3.14. The van der Waals surface area contributed by atoms with Gasteiger partial charge in [0, 0.05) is 86.7 Å². The van der Waals surface area contributed by atoms with Crippen molar-refractivity contribution in [1.82, 2.24) is 24.9 Å². The summed E-state index contributed by atoms with van der Waals surface area (Å²) in [7, 11) is 3.77. The van der Waals surface area contributed by atoms with Crippen LogP contribution in [0.3, 0.4) is 0 Å². The number of hydrogen-bond acceptors (Lipinski definition) is 8. The summed E-state index contributed by atoms with van der Waals surface area (Å²) in [6, 6.07) is 12.0. The molecule has 0 bridgehead atoms. The number of amides is 3. The molecule has 0 aliphatic carbocycles. The van der Waals surface area contributed by atoms with E-state index in [1.54, 1.807) is 26.2 Å². The van der Waals surface area contributed by atoms with E-state index >= 15 is 4.39 Å². The van der Waals surface area contributed by atoms with Crippen LogP contribution in [0.15, 0.2) is 47.4 Å². The molecule has 2 aromatic carbocycles. The van der Waals surface area contributed by atoms with Crippen molar-refractivity contribution in [3.63, 3.8) is 0 Å². The van der Waals surface area contributed by atoms with Crippen molar-refractivity contribution in [2.45, 2.75) is 76.7 Å². The van der Waals surface area contributed by atoms with Gasteiger partial charge in [0.1, 0.15) is 5.82 Å². The maximum atomic E-state index is 15.6. The minimum atomic E-state index is -0.641. The Bertz CT molecular complexity index is 1910. The van der Waals surface area contributed by atoms with Gasteiger partial charge in [-0.3, -0.25) is 24.5 Å². The number of halogens is 1. The van der Waals surface area contributed by atoms with Crippen molar-refractivity contribution in [2.75, 3.05) is 56.5 Å². The monoisotopic (exact) mass is 711 g/mol. The summed E-state index contributed by atoms with van der Waals surface area (Å²) in [6.45, 7) is 8.50. The highest BCUT2D eigenvalue weighted by atomic mass is 19.1. The third kappa shape index (κ3) is 7.09. The van der Waals surface area contributed by atoms with E-state index < -0.39 is 11.8 Å². The lowest BCUT2D eigenvalue weighted by atomic mass is 9.71. The first kappa shape index (κ1) is 35.8. The molecular weight excluding hydrogens is 661 g/mol. The SMILES string of the molecule is Cc1c(N2CCC3(CCN(C(=O)c4ccc(C5CC(Nc6cnn(C)c(=O)c6C)CN(C)C5)cc4)CC3)CC2)ccc(C2CCC(=O)NC2=O)c1F. The van der Waals surface area contributed by atoms with Crippen LogP contribution in [0, 0.1) is 25.1 Å². The van der Waals surface area contributed by atoms with Gasteiger partial charge in [0.2, 0.25) is 11.8 Å². The molecule has 3 atom stereocenters. The van der Waals surface area contributed by atoms with E-state index in [2.05, 4.69) is 44.7 Å². The predicted molar refractivity (Wildman–Crippen MR) is 198 cm³/mol. The zero-order valence-electron chi connectivity index (χ0n) is 30.7. The zero-order valence-corrected chi connectivity index (χ0v) is 30.7. The van der Waals surface area contributed by atoms with Crippen molar-refractivity contribution >= 4 is 29.1 Å². The van der Waals surface area contributed by atoms with Gasteiger partial charge in [-0.05, 0) is 94.5 Å². The highest BCUT2D eigenvalue weighted by Gasteiger charge is 2.39. The van der Waals surface area contributed by atoms with Crippen molar-refractivity contribution in [2.24, 2.45) is 12.5 Å². The molecule has 12 heteroatoms. The molecule has 3 aromatic rings. The van der Waals surface area contributed by atoms with E-state index in [9.17, 15) is 19.2 Å². The fourth-order valence-electron chi connectivity index (χ4n) is 8.97. The van der Waals surface area contributed by atoms with Crippen LogP contribution in [0.25, 0.3) is 0 Å². The molecule has 4 aliphatic heterocycles. The van der Waals surface area contributed by atoms with Gasteiger partial charge in [-0.2, -0.15) is 5.10 Å². The van der Waals surface area contributed by atoms with Crippen LogP contribution in [0.5, 0.6) is 0 Å². The second kappa shape index (κ2) is 14.4. The number of carbonyl (C=O) groups is 3. The first-order valence-electron chi connectivity index (χ1n) is 18.7. The van der Waals surface area contributed by atoms with Crippen LogP contribution in [0.1, 0.15) is 89.4 Å². The Morgan fingerprint density at radius 2 is 1.62 bits per heavy atom. The zero-order chi connectivity index (χ0) is 36.7. The number of carbonyl (C=O) groups excluding carboxylic acids is 3. The molecule has 3 unspecified atom stereocenters. The predicted octanol–water partition coefficient (Wildman–Crippen LogP) is 4.48. The minimum Gasteiger partial charge on any atom is -0.379 e. The number of nitrogens with one attached hydrogen (secondary N) is 2. The highest BCUT2D eigenvalue weighted by Crippen LogP contribution is 2.43. The summed E-state index contributed by atoms with van der Waals surface area (Å²) >= 11 is 0. The lowest BCUT2D eigenvalue weighted by molar-refractivity contribution is -0.134. The number of imide groups is 1. The molecule has 1 aromatic heterocycles. The van der Waals surface area contributed by atoms with Gasteiger partial charge in [-0.1, -0.05) is 18.2 Å². The normalized spacial score (nSPS) is 23.8. The Morgan fingerprint density at radius 3 is 2.31 bits per heavy atom. The Labute approximate surface area is 304 Å². The molecule has 3 amide bonds. The molecule has 0 saturated carbocycles. The molecule has 4 saturated heterocycles. The van der Waals surface area contributed by atoms with E-state index in [0.29, 0.717) is 34.6 Å². The fraction of sp³-hybridized carbons (Fsp3) is 0.525. The molecule has 11 nitrogen and oxygen atoms in total. The standard InChI is InChI=1S/C40H50FN7O4/c1-25-33(22-42-46(4)38(25)51)43-30-21-29(23-45(3)24-30)27-5-7-28(8-6-27)39(52)48-19-15-40(16-20-48)13-17-47(18-14-40)34-11-9-31(36(41)26(34)2)32-10-12-35(49)44-37(32)50/h5-9,11,22,29-30,32,43H,10,12-21,23-24H2,1-4H3,(H,44,49,50). The minimum absolute atomic E-state index is 0.0787. The fourth-order valence-corrected chi connectivity index (χ4v) is 8.97. The Balaban J connectivity index is 0.923. The van der Waals surface area contributed by atoms with Crippen molar-refractivity contribution in [3.05, 3.63) is 86.6 Å². The van der Waals surface area contributed by atoms with Crippen molar-refractivity contribution < 1.29 is 18.8 Å². The summed E-state index contributed by atoms with van der Waals surface area (Å²) in [4.78, 5) is 56.5. The number of hydrogen-bond donors (Lipinski definition) is 2. The number of benzene rings is 2. The van der Waals surface area contributed by atoms with E-state index in [1.165, 1.54) is 10.2 Å². The topological polar surface area (TPSA) is 120 Å². The van der Waals surface area contributed by atoms with Crippen LogP contribution in [0.4, 0.5) is 15.8 Å². The lowest BCUT2D eigenvalue weighted by Crippen LogP contribution is -2.48. The summed E-state index contributed by atoms with van der Waals surface area (Å²) in [5.41, 5.74) is 5.22. The maximum Gasteiger partial charge on any atom is 0.271 e. The van der Waals surface area contributed by atoms with Crippen molar-refractivity contribution in [3.8, 4) is 0 Å². The Hall–Kier alpha value is -4.58. The third-order valence-electron chi connectivity index (χ3n) is 12.3. The molecule has 7 rings (SSSR count). The molecule has 4 aliphatic rings. The Kier molecular flexibility index (Phi) is 9.95. The summed E-state index contributed by atoms with van der Waals surface area (Å²) < 4.78 is 16.9. The summed E-state index contributed by atoms with van der Waals surface area (Å²) in [5.74, 6) is -1.35. The van der Waals surface area contributed by atoms with Gasteiger partial charge in [0.05, 0.1) is 17.8 Å². The van der Waals surface area contributed by atoms with Crippen LogP contribution in [0.2, 0.25) is 0 Å². The molecule has 0 radical (unpaired) electrons. The number of rotatable bonds is 6. The number of anilines is 2.